The number of nitrogens with one attached hydrogen (secondary N) is 1. The van der Waals surface area contributed by atoms with Crippen LogP contribution in [-0.2, 0) is 16.6 Å². The van der Waals surface area contributed by atoms with Crippen molar-refractivity contribution < 1.29 is 8.42 Å². The molecule has 1 fully saturated rings. The van der Waals surface area contributed by atoms with Gasteiger partial charge in [-0.15, -0.1) is 0 Å². The number of nitrogens with zero attached hydrogens (tertiary/aromatic N) is 1. The lowest BCUT2D eigenvalue weighted by molar-refractivity contribution is 0.416. The maximum atomic E-state index is 12.7. The zero-order valence-corrected chi connectivity index (χ0v) is 13.1. The average Bonchev–Trinajstić information content (AvgIpc) is 2.65. The molecular formula is C15H24N2O2S. The Kier molecular flexibility index (Phi) is 5.18. The average molecular weight is 296 g/mol. The molecule has 5 heteroatoms. The van der Waals surface area contributed by atoms with E-state index in [1.165, 1.54) is 0 Å². The summed E-state index contributed by atoms with van der Waals surface area (Å²) in [5.74, 6) is 0.617. The summed E-state index contributed by atoms with van der Waals surface area (Å²) in [6.45, 7) is 4.16. The van der Waals surface area contributed by atoms with E-state index in [2.05, 4.69) is 12.2 Å². The van der Waals surface area contributed by atoms with Gasteiger partial charge in [0, 0.05) is 19.6 Å². The Balaban J connectivity index is 2.22. The first-order valence-corrected chi connectivity index (χ1v) is 8.71. The van der Waals surface area contributed by atoms with E-state index in [9.17, 15) is 8.42 Å². The number of benzene rings is 1. The molecule has 1 aliphatic heterocycles. The smallest absolute Gasteiger partial charge is 0.243 e. The molecule has 0 spiro atoms. The van der Waals surface area contributed by atoms with E-state index >= 15 is 0 Å². The van der Waals surface area contributed by atoms with E-state index in [1.54, 1.807) is 16.4 Å². The lowest BCUT2D eigenvalue weighted by Gasteiger charge is -2.20. The van der Waals surface area contributed by atoms with Gasteiger partial charge in [-0.25, -0.2) is 8.42 Å². The van der Waals surface area contributed by atoms with Gasteiger partial charge in [0.05, 0.1) is 4.90 Å². The molecule has 20 heavy (non-hydrogen) atoms. The second-order valence-corrected chi connectivity index (χ2v) is 7.56. The van der Waals surface area contributed by atoms with Gasteiger partial charge in [-0.2, -0.15) is 4.31 Å². The first-order valence-electron chi connectivity index (χ1n) is 7.27. The monoisotopic (exact) mass is 296 g/mol. The van der Waals surface area contributed by atoms with Crippen LogP contribution < -0.4 is 5.32 Å². The van der Waals surface area contributed by atoms with Crippen molar-refractivity contribution in [2.24, 2.45) is 5.92 Å². The van der Waals surface area contributed by atoms with Gasteiger partial charge < -0.3 is 5.32 Å². The van der Waals surface area contributed by atoms with Crippen molar-refractivity contribution in [2.45, 2.75) is 37.6 Å². The molecule has 0 aliphatic carbocycles. The molecule has 1 atom stereocenters. The van der Waals surface area contributed by atoms with Crippen molar-refractivity contribution in [1.82, 2.24) is 9.62 Å². The second-order valence-electron chi connectivity index (χ2n) is 5.62. The zero-order chi connectivity index (χ0) is 14.6. The maximum absolute atomic E-state index is 12.7. The molecule has 0 aromatic heterocycles. The van der Waals surface area contributed by atoms with Gasteiger partial charge in [0.2, 0.25) is 10.0 Å². The molecule has 2 rings (SSSR count). The van der Waals surface area contributed by atoms with Crippen molar-refractivity contribution in [3.63, 3.8) is 0 Å². The van der Waals surface area contributed by atoms with Crippen molar-refractivity contribution in [1.29, 1.82) is 0 Å². The van der Waals surface area contributed by atoms with Gasteiger partial charge in [-0.1, -0.05) is 19.1 Å². The number of rotatable bonds is 4. The maximum Gasteiger partial charge on any atom is 0.243 e. The molecule has 0 bridgehead atoms. The fraction of sp³-hybridized carbons (Fsp3) is 0.600. The Morgan fingerprint density at radius 2 is 2.10 bits per heavy atom. The molecule has 1 aromatic rings. The molecule has 1 heterocycles. The lowest BCUT2D eigenvalue weighted by atomic mass is 10.0. The highest BCUT2D eigenvalue weighted by Crippen LogP contribution is 2.23. The van der Waals surface area contributed by atoms with Crippen LogP contribution in [0.4, 0.5) is 0 Å². The second kappa shape index (κ2) is 6.70. The molecule has 1 unspecified atom stereocenters. The predicted molar refractivity (Wildman–Crippen MR) is 81.0 cm³/mol. The SMILES string of the molecule is CNCc1cccc(S(=O)(=O)N2CCCC(C)CC2)c1. The van der Waals surface area contributed by atoms with E-state index in [0.29, 0.717) is 30.4 Å². The normalized spacial score (nSPS) is 21.6. The van der Waals surface area contributed by atoms with Crippen LogP contribution in [0.1, 0.15) is 31.7 Å². The van der Waals surface area contributed by atoms with Gasteiger partial charge in [-0.3, -0.25) is 0 Å². The first kappa shape index (κ1) is 15.5. The van der Waals surface area contributed by atoms with Crippen LogP contribution in [0.2, 0.25) is 0 Å². The molecule has 1 aliphatic rings. The number of hydrogen-bond acceptors (Lipinski definition) is 3. The van der Waals surface area contributed by atoms with Crippen molar-refractivity contribution >= 4 is 10.0 Å². The van der Waals surface area contributed by atoms with Crippen LogP contribution in [0.3, 0.4) is 0 Å². The van der Waals surface area contributed by atoms with E-state index in [4.69, 9.17) is 0 Å². The highest BCUT2D eigenvalue weighted by Gasteiger charge is 2.26. The summed E-state index contributed by atoms with van der Waals surface area (Å²) in [4.78, 5) is 0.416. The van der Waals surface area contributed by atoms with E-state index in [-0.39, 0.29) is 0 Å². The Morgan fingerprint density at radius 1 is 1.30 bits per heavy atom. The molecule has 0 radical (unpaired) electrons. The number of hydrogen-bond donors (Lipinski definition) is 1. The van der Waals surface area contributed by atoms with Crippen molar-refractivity contribution in [3.05, 3.63) is 29.8 Å². The van der Waals surface area contributed by atoms with Gasteiger partial charge in [0.15, 0.2) is 0 Å². The lowest BCUT2D eigenvalue weighted by Crippen LogP contribution is -2.32. The molecule has 1 saturated heterocycles. The third-order valence-electron chi connectivity index (χ3n) is 3.89. The first-order chi connectivity index (χ1) is 9.54. The topological polar surface area (TPSA) is 49.4 Å². The largest absolute Gasteiger partial charge is 0.316 e. The van der Waals surface area contributed by atoms with Crippen molar-refractivity contribution in [2.75, 3.05) is 20.1 Å². The molecule has 1 N–H and O–H groups in total. The molecular weight excluding hydrogens is 272 g/mol. The van der Waals surface area contributed by atoms with Gasteiger partial charge >= 0.3 is 0 Å². The van der Waals surface area contributed by atoms with E-state index in [1.807, 2.05) is 19.2 Å². The van der Waals surface area contributed by atoms with E-state index < -0.39 is 10.0 Å². The van der Waals surface area contributed by atoms with Crippen LogP contribution in [0.25, 0.3) is 0 Å². The highest BCUT2D eigenvalue weighted by molar-refractivity contribution is 7.89. The molecule has 0 saturated carbocycles. The summed E-state index contributed by atoms with van der Waals surface area (Å²) in [6.07, 6.45) is 3.03. The summed E-state index contributed by atoms with van der Waals surface area (Å²) >= 11 is 0. The third kappa shape index (κ3) is 3.59. The summed E-state index contributed by atoms with van der Waals surface area (Å²) in [6, 6.07) is 7.24. The molecule has 4 nitrogen and oxygen atoms in total. The molecule has 0 amide bonds. The Hall–Kier alpha value is -0.910. The third-order valence-corrected chi connectivity index (χ3v) is 5.79. The highest BCUT2D eigenvalue weighted by atomic mass is 32.2. The minimum absolute atomic E-state index is 0.416. The Morgan fingerprint density at radius 3 is 2.85 bits per heavy atom. The summed E-state index contributed by atoms with van der Waals surface area (Å²) < 4.78 is 27.1. The fourth-order valence-corrected chi connectivity index (χ4v) is 4.21. The van der Waals surface area contributed by atoms with Crippen molar-refractivity contribution in [3.8, 4) is 0 Å². The minimum atomic E-state index is -3.34. The van der Waals surface area contributed by atoms with Gasteiger partial charge in [0.1, 0.15) is 0 Å². The van der Waals surface area contributed by atoms with Crippen LogP contribution in [0.5, 0.6) is 0 Å². The van der Waals surface area contributed by atoms with Crippen LogP contribution in [0.15, 0.2) is 29.2 Å². The Bertz CT molecular complexity index is 543. The number of sulfonamides is 1. The molecule has 112 valence electrons. The predicted octanol–water partition coefficient (Wildman–Crippen LogP) is 2.22. The Labute approximate surface area is 122 Å². The summed E-state index contributed by atoms with van der Waals surface area (Å²) in [7, 11) is -1.49. The van der Waals surface area contributed by atoms with Crippen LogP contribution in [0, 0.1) is 5.92 Å². The fourth-order valence-electron chi connectivity index (χ4n) is 2.65. The van der Waals surface area contributed by atoms with Crippen LogP contribution in [-0.4, -0.2) is 32.9 Å². The zero-order valence-electron chi connectivity index (χ0n) is 12.3. The standard InChI is InChI=1S/C15H24N2O2S/c1-13-5-4-9-17(10-8-13)20(18,19)15-7-3-6-14(11-15)12-16-2/h3,6-7,11,13,16H,4-5,8-10,12H2,1-2H3. The van der Waals surface area contributed by atoms with Gasteiger partial charge in [0.25, 0.3) is 0 Å². The molecule has 1 aromatic carbocycles. The minimum Gasteiger partial charge on any atom is -0.316 e. The summed E-state index contributed by atoms with van der Waals surface area (Å²) in [5.41, 5.74) is 0.997. The summed E-state index contributed by atoms with van der Waals surface area (Å²) in [5, 5.41) is 3.05. The van der Waals surface area contributed by atoms with Gasteiger partial charge in [-0.05, 0) is 49.9 Å². The van der Waals surface area contributed by atoms with Crippen LogP contribution >= 0.6 is 0 Å². The van der Waals surface area contributed by atoms with E-state index in [0.717, 1.165) is 24.8 Å². The quantitative estimate of drug-likeness (QED) is 0.927.